The minimum Gasteiger partial charge on any atom is -0.476 e. The van der Waals surface area contributed by atoms with E-state index in [0.29, 0.717) is 4.68 Å². The predicted molar refractivity (Wildman–Crippen MR) is 63.8 cm³/mol. The van der Waals surface area contributed by atoms with E-state index in [9.17, 15) is 18.8 Å². The highest BCUT2D eigenvalue weighted by Crippen LogP contribution is 2.29. The molecule has 0 amide bonds. The zero-order valence-electron chi connectivity index (χ0n) is 9.26. The van der Waals surface area contributed by atoms with Crippen LogP contribution in [0.15, 0.2) is 27.8 Å². The van der Waals surface area contributed by atoms with Crippen LogP contribution in [0.1, 0.15) is 16.9 Å². The van der Waals surface area contributed by atoms with Gasteiger partial charge in [-0.2, -0.15) is 9.78 Å². The second kappa shape index (κ2) is 4.47. The standard InChI is InChI=1S/C10H7ClFN3O4/c11-10(12)3-1-5(2-4-10)15-9(19)13-7(16)6(14-15)8(17)18/h1-3H,4H2,(H,17,18)(H,13,16,19). The average Bonchev–Trinajstić information content (AvgIpc) is 2.29. The quantitative estimate of drug-likeness (QED) is 0.763. The number of halogens is 2. The fourth-order valence-corrected chi connectivity index (χ4v) is 1.60. The summed E-state index contributed by atoms with van der Waals surface area (Å²) in [4.78, 5) is 35.3. The van der Waals surface area contributed by atoms with E-state index in [1.165, 1.54) is 12.2 Å². The number of carboxylic acids is 1. The summed E-state index contributed by atoms with van der Waals surface area (Å²) in [5.74, 6) is -1.58. The van der Waals surface area contributed by atoms with Gasteiger partial charge in [-0.05, 0) is 12.2 Å². The molecule has 9 heteroatoms. The van der Waals surface area contributed by atoms with Crippen LogP contribution in [-0.4, -0.2) is 31.0 Å². The first-order valence-electron chi connectivity index (χ1n) is 5.05. The maximum atomic E-state index is 13.3. The zero-order chi connectivity index (χ0) is 14.2. The normalized spacial score (nSPS) is 22.1. The Morgan fingerprint density at radius 3 is 2.79 bits per heavy atom. The van der Waals surface area contributed by atoms with Gasteiger partial charge in [-0.3, -0.25) is 9.78 Å². The Balaban J connectivity index is 2.54. The van der Waals surface area contributed by atoms with Gasteiger partial charge in [0.15, 0.2) is 0 Å². The second-order valence-corrected chi connectivity index (χ2v) is 4.38. The smallest absolute Gasteiger partial charge is 0.362 e. The number of hydrogen-bond acceptors (Lipinski definition) is 4. The van der Waals surface area contributed by atoms with Crippen molar-refractivity contribution in [3.63, 3.8) is 0 Å². The minimum absolute atomic E-state index is 0.123. The zero-order valence-corrected chi connectivity index (χ0v) is 10.0. The molecule has 1 heterocycles. The molecule has 1 aromatic heterocycles. The molecular weight excluding hydrogens is 281 g/mol. The molecule has 0 bridgehead atoms. The predicted octanol–water partition coefficient (Wildman–Crippen LogP) is 0.335. The topological polar surface area (TPSA) is 105 Å². The summed E-state index contributed by atoms with van der Waals surface area (Å²) in [6.07, 6.45) is 3.24. The number of carbonyl (C=O) groups is 1. The molecule has 7 nitrogen and oxygen atoms in total. The number of nitrogens with one attached hydrogen (secondary N) is 1. The first kappa shape index (κ1) is 13.2. The lowest BCUT2D eigenvalue weighted by Crippen LogP contribution is -2.36. The number of nitrogens with zero attached hydrogens (tertiary/aromatic N) is 2. The van der Waals surface area contributed by atoms with Crippen LogP contribution in [0.3, 0.4) is 0 Å². The summed E-state index contributed by atoms with van der Waals surface area (Å²) in [5, 5.41) is 10.1. The number of aromatic amines is 1. The number of carboxylic acid groups (broad SMARTS) is 1. The van der Waals surface area contributed by atoms with Crippen molar-refractivity contribution in [3.8, 4) is 0 Å². The van der Waals surface area contributed by atoms with Gasteiger partial charge in [-0.15, -0.1) is 0 Å². The SMILES string of the molecule is O=C(O)c1nn(C2=CCC(F)(Cl)C=C2)c(=O)[nH]c1=O. The van der Waals surface area contributed by atoms with E-state index in [1.54, 1.807) is 0 Å². The highest BCUT2D eigenvalue weighted by Gasteiger charge is 2.25. The number of hydrogen-bond donors (Lipinski definition) is 2. The maximum Gasteiger partial charge on any atom is 0.362 e. The molecule has 0 saturated heterocycles. The van der Waals surface area contributed by atoms with Gasteiger partial charge in [0.25, 0.3) is 5.56 Å². The summed E-state index contributed by atoms with van der Waals surface area (Å²) in [5.41, 5.74) is -2.74. The Morgan fingerprint density at radius 1 is 1.58 bits per heavy atom. The Hall–Kier alpha value is -2.22. The first-order chi connectivity index (χ1) is 8.80. The van der Waals surface area contributed by atoms with E-state index in [-0.39, 0.29) is 12.1 Å². The molecule has 1 aliphatic rings. The van der Waals surface area contributed by atoms with Crippen molar-refractivity contribution in [2.24, 2.45) is 0 Å². The molecule has 1 aromatic rings. The maximum absolute atomic E-state index is 13.3. The number of aromatic carboxylic acids is 1. The molecule has 19 heavy (non-hydrogen) atoms. The number of aromatic nitrogens is 3. The van der Waals surface area contributed by atoms with E-state index in [1.807, 2.05) is 4.98 Å². The van der Waals surface area contributed by atoms with Crippen molar-refractivity contribution < 1.29 is 14.3 Å². The van der Waals surface area contributed by atoms with Crippen molar-refractivity contribution in [1.29, 1.82) is 0 Å². The van der Waals surface area contributed by atoms with E-state index in [4.69, 9.17) is 16.7 Å². The van der Waals surface area contributed by atoms with Crippen LogP contribution in [0.2, 0.25) is 0 Å². The molecule has 1 atom stereocenters. The van der Waals surface area contributed by atoms with Crippen molar-refractivity contribution in [2.45, 2.75) is 11.5 Å². The van der Waals surface area contributed by atoms with E-state index in [0.717, 1.165) is 6.08 Å². The van der Waals surface area contributed by atoms with Gasteiger partial charge >= 0.3 is 11.7 Å². The molecule has 0 aliphatic heterocycles. The summed E-state index contributed by atoms with van der Waals surface area (Å²) >= 11 is 5.41. The Bertz CT molecular complexity index is 716. The van der Waals surface area contributed by atoms with Gasteiger partial charge < -0.3 is 5.11 Å². The third-order valence-corrected chi connectivity index (χ3v) is 2.64. The van der Waals surface area contributed by atoms with Crippen LogP contribution in [0.4, 0.5) is 4.39 Å². The monoisotopic (exact) mass is 287 g/mol. The molecule has 0 spiro atoms. The fourth-order valence-electron chi connectivity index (χ4n) is 1.46. The second-order valence-electron chi connectivity index (χ2n) is 3.75. The Labute approximate surface area is 109 Å². The summed E-state index contributed by atoms with van der Waals surface area (Å²) < 4.78 is 14.0. The molecule has 2 N–H and O–H groups in total. The lowest BCUT2D eigenvalue weighted by Gasteiger charge is -2.16. The highest BCUT2D eigenvalue weighted by molar-refractivity contribution is 6.24. The summed E-state index contributed by atoms with van der Waals surface area (Å²) in [7, 11) is 0. The van der Waals surface area contributed by atoms with Crippen molar-refractivity contribution in [3.05, 3.63) is 44.8 Å². The number of allylic oxidation sites excluding steroid dienone is 4. The van der Waals surface area contributed by atoms with Crippen molar-refractivity contribution in [2.75, 3.05) is 0 Å². The molecule has 0 saturated carbocycles. The Morgan fingerprint density at radius 2 is 2.26 bits per heavy atom. The molecule has 0 radical (unpaired) electrons. The Kier molecular flexibility index (Phi) is 3.11. The molecule has 0 fully saturated rings. The molecule has 1 aliphatic carbocycles. The van der Waals surface area contributed by atoms with Crippen LogP contribution in [0.5, 0.6) is 0 Å². The van der Waals surface area contributed by atoms with Crippen LogP contribution in [0.25, 0.3) is 5.70 Å². The molecule has 1 unspecified atom stereocenters. The van der Waals surface area contributed by atoms with Crippen LogP contribution >= 0.6 is 11.6 Å². The van der Waals surface area contributed by atoms with E-state index >= 15 is 0 Å². The molecule has 2 rings (SSSR count). The van der Waals surface area contributed by atoms with Gasteiger partial charge in [-0.1, -0.05) is 17.7 Å². The lowest BCUT2D eigenvalue weighted by atomic mass is 10.1. The molecule has 0 aromatic carbocycles. The number of alkyl halides is 2. The van der Waals surface area contributed by atoms with Gasteiger partial charge in [0.05, 0.1) is 5.70 Å². The first-order valence-corrected chi connectivity index (χ1v) is 5.42. The highest BCUT2D eigenvalue weighted by atomic mass is 35.5. The van der Waals surface area contributed by atoms with Crippen LogP contribution in [-0.2, 0) is 0 Å². The molecule has 100 valence electrons. The van der Waals surface area contributed by atoms with Crippen LogP contribution in [0, 0.1) is 0 Å². The minimum atomic E-state index is -2.05. The third kappa shape index (κ3) is 2.63. The summed E-state index contributed by atoms with van der Waals surface area (Å²) in [6, 6.07) is 0. The van der Waals surface area contributed by atoms with Crippen LogP contribution < -0.4 is 11.2 Å². The van der Waals surface area contributed by atoms with Gasteiger partial charge in [-0.25, -0.2) is 14.0 Å². The third-order valence-electron chi connectivity index (χ3n) is 2.36. The van der Waals surface area contributed by atoms with Crippen molar-refractivity contribution in [1.82, 2.24) is 14.8 Å². The lowest BCUT2D eigenvalue weighted by molar-refractivity contribution is 0.0685. The molecular formula is C10H7ClFN3O4. The number of rotatable bonds is 2. The van der Waals surface area contributed by atoms with E-state index < -0.39 is 28.0 Å². The van der Waals surface area contributed by atoms with Gasteiger partial charge in [0.2, 0.25) is 10.8 Å². The van der Waals surface area contributed by atoms with Gasteiger partial charge in [0, 0.05) is 6.42 Å². The largest absolute Gasteiger partial charge is 0.476 e. The van der Waals surface area contributed by atoms with Gasteiger partial charge in [0.1, 0.15) is 0 Å². The summed E-state index contributed by atoms with van der Waals surface area (Å²) in [6.45, 7) is 0. The number of H-pyrrole nitrogens is 1. The van der Waals surface area contributed by atoms with Crippen molar-refractivity contribution >= 4 is 23.3 Å². The average molecular weight is 288 g/mol. The van der Waals surface area contributed by atoms with E-state index in [2.05, 4.69) is 5.10 Å². The fraction of sp³-hybridized carbons (Fsp3) is 0.200.